The number of carboxylic acid groups (broad SMARTS) is 3. The van der Waals surface area contributed by atoms with Crippen molar-refractivity contribution in [2.45, 2.75) is 51.4 Å². The summed E-state index contributed by atoms with van der Waals surface area (Å²) in [6, 6.07) is 2.93. The van der Waals surface area contributed by atoms with Gasteiger partial charge in [-0.1, -0.05) is 12.1 Å². The summed E-state index contributed by atoms with van der Waals surface area (Å²) in [7, 11) is 0. The van der Waals surface area contributed by atoms with Crippen LogP contribution in [-0.4, -0.2) is 108 Å². The Morgan fingerprint density at radius 2 is 1.26 bits per heavy atom. The maximum Gasteiger partial charge on any atom is 0.269 e. The first-order valence-corrected chi connectivity index (χ1v) is 12.2. The second-order valence-electron chi connectivity index (χ2n) is 9.33. The summed E-state index contributed by atoms with van der Waals surface area (Å²) in [6.07, 6.45) is 0.420. The van der Waals surface area contributed by atoms with Crippen LogP contribution < -0.4 is 20.6 Å². The number of carboxylic acids is 3. The van der Waals surface area contributed by atoms with Crippen molar-refractivity contribution in [3.63, 3.8) is 0 Å². The minimum atomic E-state index is -1.29. The average Bonchev–Trinajstić information content (AvgIpc) is 2.84. The van der Waals surface area contributed by atoms with E-state index in [4.69, 9.17) is 0 Å². The Hall–Kier alpha value is -1.90. The standard InChI is InChI=1S/C24H37N5O8.Tm/c1-16(22(30)31)26-9-8-25-20(14-19-4-6-21(7-5-19)29(36)37)15-28(18(3)24(34)35)13-12-27(11-10-26)17(2)23(32)33;/h4-7,16-18,20,25H,8-15H2,1-3H3,(H,30,31)(H,32,33)(H,34,35);/p-3. The van der Waals surface area contributed by atoms with E-state index in [9.17, 15) is 39.8 Å². The number of carbonyl (C=O) groups excluding carboxylic acids is 3. The molecule has 1 aliphatic heterocycles. The molecule has 2 rings (SSSR count). The monoisotopic (exact) mass is 689 g/mol. The van der Waals surface area contributed by atoms with E-state index in [1.807, 2.05) is 0 Å². The molecule has 38 heavy (non-hydrogen) atoms. The van der Waals surface area contributed by atoms with Gasteiger partial charge in [-0.2, -0.15) is 0 Å². The molecule has 0 aromatic heterocycles. The number of non-ortho nitro benzene ring substituents is 1. The molecule has 1 N–H and O–H groups in total. The number of rotatable bonds is 9. The van der Waals surface area contributed by atoms with E-state index in [1.54, 1.807) is 26.8 Å². The molecule has 1 saturated heterocycles. The molecule has 0 spiro atoms. The van der Waals surface area contributed by atoms with Crippen LogP contribution in [0.2, 0.25) is 0 Å². The number of hydrogen-bond donors (Lipinski definition) is 1. The van der Waals surface area contributed by atoms with E-state index in [1.165, 1.54) is 32.9 Å². The van der Waals surface area contributed by atoms with Crippen LogP contribution in [0.1, 0.15) is 26.3 Å². The first-order chi connectivity index (χ1) is 17.4. The summed E-state index contributed by atoms with van der Waals surface area (Å²) < 4.78 is 0. The maximum absolute atomic E-state index is 11.7. The Morgan fingerprint density at radius 3 is 1.71 bits per heavy atom. The zero-order valence-electron chi connectivity index (χ0n) is 21.6. The minimum absolute atomic E-state index is 0. The van der Waals surface area contributed by atoms with Gasteiger partial charge in [0.15, 0.2) is 0 Å². The molecule has 1 heterocycles. The SMILES string of the molecule is CC(C(=O)[O-])N1CCNC(Cc2ccc([N+](=O)[O-])cc2)CN(C(C)C(=O)[O-])CCN(C(C)C(=O)[O-])CC1.[Tm]. The number of carbonyl (C=O) groups is 3. The van der Waals surface area contributed by atoms with E-state index >= 15 is 0 Å². The van der Waals surface area contributed by atoms with Crippen LogP contribution in [0, 0.1) is 47.0 Å². The largest absolute Gasteiger partial charge is 0.548 e. The summed E-state index contributed by atoms with van der Waals surface area (Å²) in [4.78, 5) is 50.4. The molecule has 1 aliphatic rings. The Labute approximate surface area is 251 Å². The van der Waals surface area contributed by atoms with Gasteiger partial charge in [0.25, 0.3) is 5.69 Å². The quantitative estimate of drug-likeness (QED) is 0.199. The van der Waals surface area contributed by atoms with Gasteiger partial charge in [0.05, 0.1) is 22.8 Å². The maximum atomic E-state index is 11.7. The third-order valence-electron chi connectivity index (χ3n) is 6.93. The number of nitrogens with one attached hydrogen (secondary N) is 1. The molecule has 1 aromatic rings. The fraction of sp³-hybridized carbons (Fsp3) is 0.625. The third-order valence-corrected chi connectivity index (χ3v) is 6.93. The molecule has 1 fully saturated rings. The molecule has 0 amide bonds. The first-order valence-electron chi connectivity index (χ1n) is 12.2. The normalized spacial score (nSPS) is 21.1. The van der Waals surface area contributed by atoms with Crippen molar-refractivity contribution in [1.29, 1.82) is 0 Å². The molecular formula is C24H34N5O8Tm-3. The van der Waals surface area contributed by atoms with Crippen molar-refractivity contribution in [2.24, 2.45) is 0 Å². The van der Waals surface area contributed by atoms with Crippen LogP contribution in [0.15, 0.2) is 24.3 Å². The third kappa shape index (κ3) is 10.3. The van der Waals surface area contributed by atoms with E-state index in [0.29, 0.717) is 19.5 Å². The molecule has 1 radical (unpaired) electrons. The van der Waals surface area contributed by atoms with Gasteiger partial charge in [-0.3, -0.25) is 24.8 Å². The predicted octanol–water partition coefficient (Wildman–Crippen LogP) is -3.57. The summed E-state index contributed by atoms with van der Waals surface area (Å²) in [6.45, 7) is 6.30. The van der Waals surface area contributed by atoms with Crippen molar-refractivity contribution in [1.82, 2.24) is 20.0 Å². The Balaban J connectivity index is 0.00000722. The van der Waals surface area contributed by atoms with E-state index in [0.717, 1.165) is 5.56 Å². The zero-order valence-corrected chi connectivity index (χ0v) is 23.4. The van der Waals surface area contributed by atoms with Crippen molar-refractivity contribution in [3.05, 3.63) is 39.9 Å². The number of benzene rings is 1. The Morgan fingerprint density at radius 1 is 0.842 bits per heavy atom. The van der Waals surface area contributed by atoms with Gasteiger partial charge >= 0.3 is 0 Å². The summed E-state index contributed by atoms with van der Waals surface area (Å²) in [5.41, 5.74) is 0.750. The van der Waals surface area contributed by atoms with Gasteiger partial charge in [0.1, 0.15) is 0 Å². The number of hydrogen-bond acceptors (Lipinski definition) is 12. The van der Waals surface area contributed by atoms with Crippen molar-refractivity contribution in [3.8, 4) is 0 Å². The topological polar surface area (TPSA) is 185 Å². The van der Waals surface area contributed by atoms with Crippen LogP contribution in [-0.2, 0) is 20.8 Å². The van der Waals surface area contributed by atoms with Gasteiger partial charge in [-0.05, 0) is 32.8 Å². The summed E-state index contributed by atoms with van der Waals surface area (Å²) >= 11 is 0. The van der Waals surface area contributed by atoms with Gasteiger partial charge < -0.3 is 35.0 Å². The van der Waals surface area contributed by atoms with Gasteiger partial charge in [0.2, 0.25) is 0 Å². The molecule has 0 saturated carbocycles. The molecular weight excluding hydrogens is 655 g/mol. The number of nitro groups is 1. The smallest absolute Gasteiger partial charge is 0.269 e. The fourth-order valence-electron chi connectivity index (χ4n) is 4.34. The summed E-state index contributed by atoms with van der Waals surface area (Å²) in [5, 5.41) is 49.2. The molecule has 4 atom stereocenters. The minimum Gasteiger partial charge on any atom is -0.548 e. The first kappa shape index (κ1) is 34.1. The predicted molar refractivity (Wildman–Crippen MR) is 127 cm³/mol. The molecule has 0 bridgehead atoms. The second kappa shape index (κ2) is 16.3. The number of nitrogens with zero attached hydrogens (tertiary/aromatic N) is 4. The van der Waals surface area contributed by atoms with Gasteiger partial charge in [-0.25, -0.2) is 0 Å². The molecule has 4 unspecified atom stereocenters. The molecule has 0 aliphatic carbocycles. The number of aliphatic carboxylic acids is 3. The van der Waals surface area contributed by atoms with Crippen LogP contribution in [0.3, 0.4) is 0 Å². The Kier molecular flexibility index (Phi) is 14.6. The van der Waals surface area contributed by atoms with Crippen LogP contribution in [0.5, 0.6) is 0 Å². The molecule has 1 aromatic carbocycles. The van der Waals surface area contributed by atoms with Gasteiger partial charge in [0, 0.05) is 119 Å². The van der Waals surface area contributed by atoms with Crippen LogP contribution >= 0.6 is 0 Å². The second-order valence-corrected chi connectivity index (χ2v) is 9.33. The van der Waals surface area contributed by atoms with Crippen LogP contribution in [0.25, 0.3) is 0 Å². The van der Waals surface area contributed by atoms with Gasteiger partial charge in [-0.15, -0.1) is 0 Å². The summed E-state index contributed by atoms with van der Waals surface area (Å²) in [5.74, 6) is -3.80. The van der Waals surface area contributed by atoms with E-state index in [2.05, 4.69) is 5.32 Å². The molecule has 13 nitrogen and oxygen atoms in total. The Bertz CT molecular complexity index is 950. The van der Waals surface area contributed by atoms with E-state index < -0.39 is 41.0 Å². The molecule has 14 heteroatoms. The van der Waals surface area contributed by atoms with Crippen molar-refractivity contribution >= 4 is 23.6 Å². The van der Waals surface area contributed by atoms with E-state index in [-0.39, 0.29) is 81.3 Å². The van der Waals surface area contributed by atoms with Crippen molar-refractivity contribution in [2.75, 3.05) is 45.8 Å². The molecule has 219 valence electrons. The van der Waals surface area contributed by atoms with Crippen LogP contribution in [0.4, 0.5) is 5.69 Å². The van der Waals surface area contributed by atoms with Crippen molar-refractivity contribution < 1.29 is 71.5 Å². The zero-order chi connectivity index (χ0) is 27.7. The average molecular weight is 689 g/mol. The fourth-order valence-corrected chi connectivity index (χ4v) is 4.34. The number of nitro benzene ring substituents is 1.